The summed E-state index contributed by atoms with van der Waals surface area (Å²) in [6.45, 7) is 3.88. The van der Waals surface area contributed by atoms with E-state index in [2.05, 4.69) is 62.8 Å². The molecule has 5 aromatic rings. The number of aromatic amines is 1. The Bertz CT molecular complexity index is 1650. The number of benzene rings is 1. The molecule has 1 saturated carbocycles. The summed E-state index contributed by atoms with van der Waals surface area (Å²) in [5, 5.41) is 4.38. The van der Waals surface area contributed by atoms with Crippen molar-refractivity contribution >= 4 is 28.6 Å². The Labute approximate surface area is 230 Å². The summed E-state index contributed by atoms with van der Waals surface area (Å²) < 4.78 is 7.07. The van der Waals surface area contributed by atoms with Gasteiger partial charge >= 0.3 is 5.76 Å². The van der Waals surface area contributed by atoms with E-state index >= 15 is 0 Å². The first-order valence-corrected chi connectivity index (χ1v) is 13.7. The summed E-state index contributed by atoms with van der Waals surface area (Å²) in [5.74, 6) is 1.77. The van der Waals surface area contributed by atoms with Crippen LogP contribution in [0.3, 0.4) is 0 Å². The molecule has 1 fully saturated rings. The monoisotopic (exact) mass is 543 g/mol. The fourth-order valence-corrected chi connectivity index (χ4v) is 5.68. The molecule has 0 bridgehead atoms. The molecule has 0 saturated heterocycles. The zero-order valence-corrected chi connectivity index (χ0v) is 22.7. The van der Waals surface area contributed by atoms with E-state index in [-0.39, 0.29) is 5.82 Å². The highest BCUT2D eigenvalue weighted by Gasteiger charge is 2.26. The van der Waals surface area contributed by atoms with Crippen molar-refractivity contribution in [2.45, 2.75) is 45.7 Å². The van der Waals surface area contributed by atoms with Crippen molar-refractivity contribution in [1.82, 2.24) is 29.7 Å². The lowest BCUT2D eigenvalue weighted by atomic mass is 9.83. The van der Waals surface area contributed by atoms with Gasteiger partial charge in [-0.1, -0.05) is 66.9 Å². The predicted octanol–water partition coefficient (Wildman–Crippen LogP) is 5.95. The van der Waals surface area contributed by atoms with Crippen LogP contribution in [-0.2, 0) is 13.1 Å². The number of H-pyrrole nitrogens is 1. The second kappa shape index (κ2) is 10.6. The fraction of sp³-hybridized carbons (Fsp3) is 0.345. The lowest BCUT2D eigenvalue weighted by Gasteiger charge is -2.28. The number of anilines is 1. The number of fused-ring (bicyclic) bond motifs is 1. The Morgan fingerprint density at radius 2 is 1.90 bits per heavy atom. The Hall–Kier alpha value is -3.98. The molecule has 1 aliphatic rings. The van der Waals surface area contributed by atoms with Gasteiger partial charge in [-0.2, -0.15) is 0 Å². The number of hydrogen-bond acceptors (Lipinski definition) is 7. The van der Waals surface area contributed by atoms with Crippen molar-refractivity contribution < 1.29 is 4.52 Å². The van der Waals surface area contributed by atoms with E-state index in [9.17, 15) is 4.79 Å². The highest BCUT2D eigenvalue weighted by atomic mass is 35.5. The Morgan fingerprint density at radius 1 is 1.10 bits per heavy atom. The summed E-state index contributed by atoms with van der Waals surface area (Å²) in [4.78, 5) is 30.9. The van der Waals surface area contributed by atoms with Crippen LogP contribution in [0.5, 0.6) is 0 Å². The van der Waals surface area contributed by atoms with Crippen LogP contribution in [-0.4, -0.2) is 36.7 Å². The molecule has 10 heteroatoms. The van der Waals surface area contributed by atoms with E-state index in [4.69, 9.17) is 26.1 Å². The van der Waals surface area contributed by atoms with E-state index in [1.165, 1.54) is 31.2 Å². The molecular weight excluding hydrogens is 514 g/mol. The van der Waals surface area contributed by atoms with E-state index in [1.807, 2.05) is 18.2 Å². The van der Waals surface area contributed by atoms with Crippen LogP contribution in [0.1, 0.15) is 38.2 Å². The molecule has 0 spiro atoms. The van der Waals surface area contributed by atoms with Crippen LogP contribution in [0.4, 0.5) is 5.95 Å². The summed E-state index contributed by atoms with van der Waals surface area (Å²) >= 11 is 6.37. The van der Waals surface area contributed by atoms with Gasteiger partial charge in [0.25, 0.3) is 0 Å². The van der Waals surface area contributed by atoms with Gasteiger partial charge in [0, 0.05) is 38.1 Å². The summed E-state index contributed by atoms with van der Waals surface area (Å²) in [7, 11) is 2.07. The third kappa shape index (κ3) is 5.31. The second-order valence-corrected chi connectivity index (χ2v) is 11.0. The molecule has 1 N–H and O–H groups in total. The van der Waals surface area contributed by atoms with Gasteiger partial charge in [-0.3, -0.25) is 14.5 Å². The first-order valence-electron chi connectivity index (χ1n) is 13.3. The number of pyridine rings is 2. The molecule has 0 atom stereocenters. The van der Waals surface area contributed by atoms with Crippen molar-refractivity contribution in [2.24, 2.45) is 11.8 Å². The minimum absolute atomic E-state index is 0.244. The maximum atomic E-state index is 11.7. The molecule has 0 amide bonds. The SMILES string of the molecule is CN(Cc1ccccc1)c1nc2cc(-c3noc(=O)[nH]3)nc(-c3cncc(Cl)c3)c2n1C[C@H]1CC[C@H](C)CC1. The molecule has 1 aromatic carbocycles. The highest BCUT2D eigenvalue weighted by Crippen LogP contribution is 2.37. The zero-order valence-electron chi connectivity index (χ0n) is 22.0. The fourth-order valence-electron chi connectivity index (χ4n) is 5.51. The number of rotatable bonds is 7. The standard InChI is InChI=1S/C29H30ClN7O2/c1-18-8-10-20(11-9-18)17-37-26-23(33-28(37)36(2)16-19-6-4-3-5-7-19)13-24(27-34-29(38)39-35-27)32-25(26)21-12-22(30)15-31-14-21/h3-7,12-15,18,20H,8-11,16-17H2,1-2H3,(H,34,35,38)/t18-,20-. The van der Waals surface area contributed by atoms with Gasteiger partial charge in [0.15, 0.2) is 0 Å². The van der Waals surface area contributed by atoms with Gasteiger partial charge < -0.3 is 9.47 Å². The lowest BCUT2D eigenvalue weighted by molar-refractivity contribution is 0.267. The van der Waals surface area contributed by atoms with Crippen LogP contribution in [0.15, 0.2) is 64.2 Å². The third-order valence-electron chi connectivity index (χ3n) is 7.55. The largest absolute Gasteiger partial charge is 0.439 e. The van der Waals surface area contributed by atoms with Crippen molar-refractivity contribution in [1.29, 1.82) is 0 Å². The predicted molar refractivity (Wildman–Crippen MR) is 152 cm³/mol. The van der Waals surface area contributed by atoms with E-state index in [0.717, 1.165) is 35.0 Å². The molecule has 9 nitrogen and oxygen atoms in total. The topological polar surface area (TPSA) is 106 Å². The quantitative estimate of drug-likeness (QED) is 0.270. The van der Waals surface area contributed by atoms with Crippen LogP contribution in [0.25, 0.3) is 33.8 Å². The second-order valence-electron chi connectivity index (χ2n) is 10.5. The normalized spacial score (nSPS) is 17.5. The van der Waals surface area contributed by atoms with Crippen LogP contribution in [0, 0.1) is 11.8 Å². The van der Waals surface area contributed by atoms with Crippen LogP contribution >= 0.6 is 11.6 Å². The first kappa shape index (κ1) is 25.3. The molecule has 6 rings (SSSR count). The first-order chi connectivity index (χ1) is 18.9. The number of imidazole rings is 1. The Kier molecular flexibility index (Phi) is 6.91. The molecule has 4 heterocycles. The molecule has 39 heavy (non-hydrogen) atoms. The van der Waals surface area contributed by atoms with Crippen molar-refractivity contribution in [3.63, 3.8) is 0 Å². The molecule has 1 aliphatic carbocycles. The molecule has 200 valence electrons. The van der Waals surface area contributed by atoms with Crippen molar-refractivity contribution in [2.75, 3.05) is 11.9 Å². The maximum absolute atomic E-state index is 11.7. The van der Waals surface area contributed by atoms with Gasteiger partial charge in [-0.05, 0) is 42.4 Å². The number of nitrogens with zero attached hydrogens (tertiary/aromatic N) is 6. The van der Waals surface area contributed by atoms with E-state index in [0.29, 0.717) is 28.9 Å². The van der Waals surface area contributed by atoms with E-state index in [1.54, 1.807) is 12.4 Å². The van der Waals surface area contributed by atoms with Crippen LogP contribution in [0.2, 0.25) is 5.02 Å². The van der Waals surface area contributed by atoms with Gasteiger partial charge in [0.1, 0.15) is 5.69 Å². The Balaban J connectivity index is 1.54. The number of halogens is 1. The number of aromatic nitrogens is 6. The maximum Gasteiger partial charge on any atom is 0.439 e. The van der Waals surface area contributed by atoms with Crippen LogP contribution < -0.4 is 10.7 Å². The van der Waals surface area contributed by atoms with Gasteiger partial charge in [-0.15, -0.1) is 0 Å². The minimum atomic E-state index is -0.641. The summed E-state index contributed by atoms with van der Waals surface area (Å²) in [5.41, 5.74) is 4.74. The zero-order chi connectivity index (χ0) is 26.9. The molecule has 0 radical (unpaired) electrons. The smallest absolute Gasteiger partial charge is 0.341 e. The molecule has 0 aliphatic heterocycles. The molecule has 0 unspecified atom stereocenters. The number of nitrogens with one attached hydrogen (secondary N) is 1. The van der Waals surface area contributed by atoms with Gasteiger partial charge in [0.2, 0.25) is 11.8 Å². The highest BCUT2D eigenvalue weighted by molar-refractivity contribution is 6.30. The van der Waals surface area contributed by atoms with Crippen molar-refractivity contribution in [3.05, 3.63) is 76.0 Å². The molecular formula is C29H30ClN7O2. The average Bonchev–Trinajstić information content (AvgIpc) is 3.54. The third-order valence-corrected chi connectivity index (χ3v) is 7.75. The summed E-state index contributed by atoms with van der Waals surface area (Å²) in [6, 6.07) is 14.1. The Morgan fingerprint density at radius 3 is 2.62 bits per heavy atom. The minimum Gasteiger partial charge on any atom is -0.341 e. The van der Waals surface area contributed by atoms with Gasteiger partial charge in [0.05, 0.1) is 21.7 Å². The number of hydrogen-bond donors (Lipinski definition) is 1. The molecule has 4 aromatic heterocycles. The lowest BCUT2D eigenvalue weighted by Crippen LogP contribution is -2.24. The van der Waals surface area contributed by atoms with E-state index < -0.39 is 5.76 Å². The van der Waals surface area contributed by atoms with Crippen molar-refractivity contribution in [3.8, 4) is 22.8 Å². The summed E-state index contributed by atoms with van der Waals surface area (Å²) in [6.07, 6.45) is 8.18. The van der Waals surface area contributed by atoms with Gasteiger partial charge in [-0.25, -0.2) is 14.8 Å². The average molecular weight is 544 g/mol.